The Hall–Kier alpha value is -1.21. The van der Waals surface area contributed by atoms with Gasteiger partial charge in [-0.1, -0.05) is 0 Å². The number of piperidine rings is 1. The molecule has 2 fully saturated rings. The van der Waals surface area contributed by atoms with Gasteiger partial charge in [0.15, 0.2) is 0 Å². The van der Waals surface area contributed by atoms with E-state index < -0.39 is 10.0 Å². The van der Waals surface area contributed by atoms with E-state index in [1.165, 1.54) is 19.1 Å². The number of nitrogens with zero attached hydrogens (tertiary/aromatic N) is 4. The first-order chi connectivity index (χ1) is 10.5. The summed E-state index contributed by atoms with van der Waals surface area (Å²) in [5, 5.41) is 0. The maximum Gasteiger partial charge on any atom is 0.211 e. The second-order valence-corrected chi connectivity index (χ2v) is 8.38. The molecule has 0 unspecified atom stereocenters. The van der Waals surface area contributed by atoms with Crippen molar-refractivity contribution in [1.29, 1.82) is 0 Å². The Morgan fingerprint density at radius 1 is 1.18 bits per heavy atom. The topological polar surface area (TPSA) is 66.4 Å². The molecular weight excluding hydrogens is 300 g/mol. The van der Waals surface area contributed by atoms with E-state index in [2.05, 4.69) is 20.9 Å². The van der Waals surface area contributed by atoms with Gasteiger partial charge in [-0.25, -0.2) is 22.7 Å². The molecule has 7 heteroatoms. The van der Waals surface area contributed by atoms with E-state index in [1.807, 2.05) is 0 Å². The highest BCUT2D eigenvalue weighted by atomic mass is 32.2. The van der Waals surface area contributed by atoms with Crippen molar-refractivity contribution in [2.45, 2.75) is 32.1 Å². The van der Waals surface area contributed by atoms with Gasteiger partial charge >= 0.3 is 0 Å². The van der Waals surface area contributed by atoms with Gasteiger partial charge in [0.2, 0.25) is 10.0 Å². The van der Waals surface area contributed by atoms with E-state index in [0.717, 1.165) is 43.9 Å². The third kappa shape index (κ3) is 3.76. The fourth-order valence-corrected chi connectivity index (χ4v) is 4.35. The highest BCUT2D eigenvalue weighted by Crippen LogP contribution is 2.23. The number of hydrogen-bond acceptors (Lipinski definition) is 5. The standard InChI is InChI=1S/C15H24N4O2S/c1-22(20,21)19-8-4-5-13(11-19)9-14-10-15(17-12-16-14)18-6-2-3-7-18/h10,12-13H,2-9,11H2,1H3/t13-/m1/s1. The Labute approximate surface area is 132 Å². The molecule has 2 saturated heterocycles. The molecule has 3 rings (SSSR count). The molecule has 1 aromatic heterocycles. The zero-order valence-corrected chi connectivity index (χ0v) is 13.9. The summed E-state index contributed by atoms with van der Waals surface area (Å²) in [7, 11) is -3.08. The van der Waals surface area contributed by atoms with Gasteiger partial charge in [-0.3, -0.25) is 0 Å². The second-order valence-electron chi connectivity index (χ2n) is 6.40. The fourth-order valence-electron chi connectivity index (χ4n) is 3.41. The predicted molar refractivity (Wildman–Crippen MR) is 86.3 cm³/mol. The lowest BCUT2D eigenvalue weighted by molar-refractivity contribution is 0.265. The zero-order chi connectivity index (χ0) is 15.6. The van der Waals surface area contributed by atoms with Crippen LogP contribution in [-0.4, -0.2) is 55.1 Å². The SMILES string of the molecule is CS(=O)(=O)N1CCC[C@H](Cc2cc(N3CCCC3)ncn2)C1. The van der Waals surface area contributed by atoms with Crippen LogP contribution < -0.4 is 4.90 Å². The Bertz CT molecular complexity index is 614. The van der Waals surface area contributed by atoms with E-state index in [4.69, 9.17) is 0 Å². The summed E-state index contributed by atoms with van der Waals surface area (Å²) >= 11 is 0. The van der Waals surface area contributed by atoms with Crippen LogP contribution in [0.2, 0.25) is 0 Å². The van der Waals surface area contributed by atoms with Crippen LogP contribution in [-0.2, 0) is 16.4 Å². The molecule has 0 amide bonds. The van der Waals surface area contributed by atoms with Gasteiger partial charge in [-0.05, 0) is 38.0 Å². The summed E-state index contributed by atoms with van der Waals surface area (Å²) in [6.45, 7) is 3.41. The summed E-state index contributed by atoms with van der Waals surface area (Å²) in [6, 6.07) is 2.07. The highest BCUT2D eigenvalue weighted by Gasteiger charge is 2.26. The van der Waals surface area contributed by atoms with Gasteiger partial charge in [0.25, 0.3) is 0 Å². The van der Waals surface area contributed by atoms with Crippen LogP contribution in [0, 0.1) is 5.92 Å². The van der Waals surface area contributed by atoms with Gasteiger partial charge in [-0.2, -0.15) is 0 Å². The van der Waals surface area contributed by atoms with Crippen LogP contribution >= 0.6 is 0 Å². The summed E-state index contributed by atoms with van der Waals surface area (Å²) in [4.78, 5) is 11.1. The number of rotatable bonds is 4. The number of sulfonamides is 1. The van der Waals surface area contributed by atoms with Crippen molar-refractivity contribution in [3.63, 3.8) is 0 Å². The molecule has 0 radical (unpaired) electrons. The molecule has 1 aromatic rings. The molecule has 0 aliphatic carbocycles. The van der Waals surface area contributed by atoms with Crippen molar-refractivity contribution in [3.05, 3.63) is 18.1 Å². The molecule has 3 heterocycles. The molecule has 0 bridgehead atoms. The third-order valence-electron chi connectivity index (χ3n) is 4.59. The van der Waals surface area contributed by atoms with Crippen molar-refractivity contribution >= 4 is 15.8 Å². The largest absolute Gasteiger partial charge is 0.357 e. The van der Waals surface area contributed by atoms with Crippen LogP contribution in [0.3, 0.4) is 0 Å². The molecule has 6 nitrogen and oxygen atoms in total. The maximum absolute atomic E-state index is 11.7. The van der Waals surface area contributed by atoms with Gasteiger partial charge in [0.05, 0.1) is 6.26 Å². The normalized spacial score (nSPS) is 23.9. The third-order valence-corrected chi connectivity index (χ3v) is 5.86. The van der Waals surface area contributed by atoms with E-state index in [0.29, 0.717) is 19.0 Å². The molecule has 1 atom stereocenters. The minimum Gasteiger partial charge on any atom is -0.357 e. The van der Waals surface area contributed by atoms with Gasteiger partial charge < -0.3 is 4.90 Å². The molecule has 0 aromatic carbocycles. The zero-order valence-electron chi connectivity index (χ0n) is 13.1. The summed E-state index contributed by atoms with van der Waals surface area (Å²) in [5.41, 5.74) is 1.03. The Kier molecular flexibility index (Phi) is 4.63. The first kappa shape index (κ1) is 15.7. The smallest absolute Gasteiger partial charge is 0.211 e. The predicted octanol–water partition coefficient (Wildman–Crippen LogP) is 1.29. The molecular formula is C15H24N4O2S. The van der Waals surface area contributed by atoms with Crippen molar-refractivity contribution in [2.24, 2.45) is 5.92 Å². The number of hydrogen-bond donors (Lipinski definition) is 0. The molecule has 0 saturated carbocycles. The minimum atomic E-state index is -3.08. The second kappa shape index (κ2) is 6.50. The molecule has 122 valence electrons. The van der Waals surface area contributed by atoms with Gasteiger partial charge in [0.1, 0.15) is 12.1 Å². The quantitative estimate of drug-likeness (QED) is 0.835. The summed E-state index contributed by atoms with van der Waals surface area (Å²) in [6.07, 6.45) is 8.22. The Morgan fingerprint density at radius 2 is 1.95 bits per heavy atom. The fraction of sp³-hybridized carbons (Fsp3) is 0.733. The lowest BCUT2D eigenvalue weighted by Crippen LogP contribution is -2.39. The van der Waals surface area contributed by atoms with E-state index >= 15 is 0 Å². The summed E-state index contributed by atoms with van der Waals surface area (Å²) < 4.78 is 25.0. The van der Waals surface area contributed by atoms with Gasteiger partial charge in [0, 0.05) is 37.9 Å². The highest BCUT2D eigenvalue weighted by molar-refractivity contribution is 7.88. The van der Waals surface area contributed by atoms with Crippen molar-refractivity contribution in [1.82, 2.24) is 14.3 Å². The molecule has 22 heavy (non-hydrogen) atoms. The molecule has 0 N–H and O–H groups in total. The minimum absolute atomic E-state index is 0.352. The lowest BCUT2D eigenvalue weighted by Gasteiger charge is -2.30. The van der Waals surface area contributed by atoms with Crippen molar-refractivity contribution < 1.29 is 8.42 Å². The molecule has 2 aliphatic heterocycles. The van der Waals surface area contributed by atoms with Crippen molar-refractivity contribution in [2.75, 3.05) is 37.3 Å². The maximum atomic E-state index is 11.7. The van der Waals surface area contributed by atoms with E-state index in [9.17, 15) is 8.42 Å². The number of aromatic nitrogens is 2. The summed E-state index contributed by atoms with van der Waals surface area (Å²) in [5.74, 6) is 1.36. The van der Waals surface area contributed by atoms with Crippen LogP contribution in [0.25, 0.3) is 0 Å². The lowest BCUT2D eigenvalue weighted by atomic mass is 9.94. The Balaban J connectivity index is 1.66. The monoisotopic (exact) mass is 324 g/mol. The molecule has 2 aliphatic rings. The van der Waals surface area contributed by atoms with Crippen LogP contribution in [0.15, 0.2) is 12.4 Å². The van der Waals surface area contributed by atoms with E-state index in [1.54, 1.807) is 10.6 Å². The van der Waals surface area contributed by atoms with Crippen LogP contribution in [0.5, 0.6) is 0 Å². The average Bonchev–Trinajstić information content (AvgIpc) is 3.01. The number of anilines is 1. The Morgan fingerprint density at radius 3 is 2.68 bits per heavy atom. The van der Waals surface area contributed by atoms with Gasteiger partial charge in [-0.15, -0.1) is 0 Å². The van der Waals surface area contributed by atoms with E-state index in [-0.39, 0.29) is 0 Å². The first-order valence-corrected chi connectivity index (χ1v) is 9.88. The van der Waals surface area contributed by atoms with Crippen LogP contribution in [0.1, 0.15) is 31.4 Å². The first-order valence-electron chi connectivity index (χ1n) is 8.03. The van der Waals surface area contributed by atoms with Crippen molar-refractivity contribution in [3.8, 4) is 0 Å². The average molecular weight is 324 g/mol. The molecule has 0 spiro atoms. The van der Waals surface area contributed by atoms with Crippen LogP contribution in [0.4, 0.5) is 5.82 Å².